The second kappa shape index (κ2) is 6.10. The van der Waals surface area contributed by atoms with E-state index in [1.165, 1.54) is 44.5 Å². The molecule has 7 aromatic rings. The molecule has 0 radical (unpaired) electrons. The van der Waals surface area contributed by atoms with Crippen LogP contribution in [0.15, 0.2) is 85.3 Å². The predicted molar refractivity (Wildman–Crippen MR) is 140 cm³/mol. The molecule has 0 fully saturated rings. The molecule has 0 unspecified atom stereocenters. The largest absolute Gasteiger partial charge is 0.276 e. The number of imidazole rings is 1. The van der Waals surface area contributed by atoms with E-state index in [2.05, 4.69) is 70.0 Å². The third-order valence-electron chi connectivity index (χ3n) is 7.93. The van der Waals surface area contributed by atoms with Crippen molar-refractivity contribution in [2.45, 2.75) is 12.8 Å². The Labute approximate surface area is 200 Å². The first-order chi connectivity index (χ1) is 17.3. The van der Waals surface area contributed by atoms with Crippen LogP contribution in [0, 0.1) is 0 Å². The van der Waals surface area contributed by atoms with Gasteiger partial charge in [-0.25, -0.2) is 9.97 Å². The van der Waals surface area contributed by atoms with Crippen molar-refractivity contribution in [1.82, 2.24) is 19.4 Å². The van der Waals surface area contributed by atoms with Gasteiger partial charge in [0.25, 0.3) is 0 Å². The van der Waals surface area contributed by atoms with Crippen molar-refractivity contribution in [3.8, 4) is 22.3 Å². The van der Waals surface area contributed by atoms with Crippen molar-refractivity contribution in [1.29, 1.82) is 0 Å². The van der Waals surface area contributed by atoms with Crippen molar-refractivity contribution < 1.29 is 0 Å². The summed E-state index contributed by atoms with van der Waals surface area (Å²) < 4.78 is 2.22. The average Bonchev–Trinajstić information content (AvgIpc) is 3.58. The number of fused-ring (bicyclic) bond motifs is 15. The van der Waals surface area contributed by atoms with Crippen LogP contribution >= 0.6 is 0 Å². The van der Waals surface area contributed by atoms with Crippen molar-refractivity contribution in [3.05, 3.63) is 108 Å². The molecule has 2 aliphatic carbocycles. The number of benzene rings is 3. The summed E-state index contributed by atoms with van der Waals surface area (Å²) in [6, 6.07) is 24.4. The van der Waals surface area contributed by atoms with Crippen LogP contribution in [0.5, 0.6) is 0 Å². The molecule has 0 atom stereocenters. The van der Waals surface area contributed by atoms with E-state index in [0.717, 1.165) is 51.3 Å². The van der Waals surface area contributed by atoms with Crippen LogP contribution in [-0.2, 0) is 12.8 Å². The highest BCUT2D eigenvalue weighted by atomic mass is 15.1. The van der Waals surface area contributed by atoms with Gasteiger partial charge < -0.3 is 0 Å². The minimum atomic E-state index is 0.918. The van der Waals surface area contributed by atoms with Gasteiger partial charge in [-0.15, -0.1) is 0 Å². The zero-order chi connectivity index (χ0) is 22.7. The molecular formula is C31H18N4. The van der Waals surface area contributed by atoms with Gasteiger partial charge >= 0.3 is 0 Å². The maximum atomic E-state index is 5.16. The standard InChI is InChI=1S/C31H18N4/c1-2-5-21-17(4-1)12-18-7-8-19-13-20-14-27-26(15-24(20)29(19)28(18)21)34-31-25-16-32-11-9-22(25)23-6-3-10-33-30(23)35(27)31/h1-11,14-16H,12-13H2. The first-order valence-electron chi connectivity index (χ1n) is 12.0. The van der Waals surface area contributed by atoms with Gasteiger partial charge in [-0.1, -0.05) is 36.4 Å². The smallest absolute Gasteiger partial charge is 0.149 e. The second-order valence-corrected chi connectivity index (χ2v) is 9.71. The number of hydrogen-bond acceptors (Lipinski definition) is 3. The zero-order valence-electron chi connectivity index (χ0n) is 18.8. The van der Waals surface area contributed by atoms with Crippen molar-refractivity contribution in [2.75, 3.05) is 0 Å². The van der Waals surface area contributed by atoms with Crippen LogP contribution in [0.25, 0.3) is 60.7 Å². The molecule has 4 aromatic heterocycles. The number of nitrogens with zero attached hydrogens (tertiary/aromatic N) is 4. The van der Waals surface area contributed by atoms with Crippen LogP contribution in [-0.4, -0.2) is 19.4 Å². The highest BCUT2D eigenvalue weighted by molar-refractivity contribution is 6.13. The SMILES string of the molecule is c1ccc2c(c1)Cc1ccc3c(c1-2)-c1cc2nc4c5cnccc5c5cccnc5n4c2cc1C3. The molecule has 0 saturated heterocycles. The molecule has 4 heteroatoms. The molecule has 0 amide bonds. The highest BCUT2D eigenvalue weighted by Gasteiger charge is 2.29. The van der Waals surface area contributed by atoms with Crippen molar-refractivity contribution in [3.63, 3.8) is 0 Å². The van der Waals surface area contributed by atoms with Gasteiger partial charge in [0.15, 0.2) is 0 Å². The van der Waals surface area contributed by atoms with Gasteiger partial charge in [0.05, 0.1) is 11.0 Å². The topological polar surface area (TPSA) is 43.1 Å². The molecule has 9 rings (SSSR count). The van der Waals surface area contributed by atoms with Gasteiger partial charge in [0.2, 0.25) is 0 Å². The molecule has 3 aromatic carbocycles. The lowest BCUT2D eigenvalue weighted by Crippen LogP contribution is -1.94. The van der Waals surface area contributed by atoms with E-state index in [4.69, 9.17) is 9.97 Å². The lowest BCUT2D eigenvalue weighted by molar-refractivity contribution is 1.21. The van der Waals surface area contributed by atoms with Gasteiger partial charge in [0, 0.05) is 29.4 Å². The first kappa shape index (κ1) is 17.8. The fourth-order valence-electron chi connectivity index (χ4n) is 6.46. The maximum absolute atomic E-state index is 5.16. The molecule has 0 bridgehead atoms. The first-order valence-corrected chi connectivity index (χ1v) is 12.0. The minimum Gasteiger partial charge on any atom is -0.276 e. The summed E-state index contributed by atoms with van der Waals surface area (Å²) in [6.07, 6.45) is 7.60. The predicted octanol–water partition coefficient (Wildman–Crippen LogP) is 6.73. The summed E-state index contributed by atoms with van der Waals surface area (Å²) in [5, 5.41) is 3.31. The van der Waals surface area contributed by atoms with Crippen LogP contribution in [0.1, 0.15) is 22.3 Å². The molecule has 4 heterocycles. The van der Waals surface area contributed by atoms with E-state index in [1.54, 1.807) is 0 Å². The van der Waals surface area contributed by atoms with Crippen molar-refractivity contribution in [2.24, 2.45) is 0 Å². The number of rotatable bonds is 0. The Balaban J connectivity index is 1.41. The highest BCUT2D eigenvalue weighted by Crippen LogP contribution is 2.50. The molecule has 162 valence electrons. The van der Waals surface area contributed by atoms with Gasteiger partial charge in [-0.05, 0) is 93.1 Å². The Hall–Kier alpha value is -4.57. The molecule has 2 aliphatic rings. The van der Waals surface area contributed by atoms with Gasteiger partial charge in [0.1, 0.15) is 11.3 Å². The summed E-state index contributed by atoms with van der Waals surface area (Å²) >= 11 is 0. The normalized spacial score (nSPS) is 13.5. The summed E-state index contributed by atoms with van der Waals surface area (Å²) in [4.78, 5) is 14.4. The molecule has 0 aliphatic heterocycles. The third-order valence-corrected chi connectivity index (χ3v) is 7.93. The Morgan fingerprint density at radius 2 is 1.49 bits per heavy atom. The van der Waals surface area contributed by atoms with E-state index in [0.29, 0.717) is 0 Å². The Bertz CT molecular complexity index is 2070. The second-order valence-electron chi connectivity index (χ2n) is 9.71. The lowest BCUT2D eigenvalue weighted by Gasteiger charge is -2.10. The van der Waals surface area contributed by atoms with E-state index in [9.17, 15) is 0 Å². The van der Waals surface area contributed by atoms with E-state index < -0.39 is 0 Å². The number of aromatic nitrogens is 4. The fourth-order valence-corrected chi connectivity index (χ4v) is 6.46. The molecule has 0 N–H and O–H groups in total. The van der Waals surface area contributed by atoms with Crippen molar-refractivity contribution >= 4 is 38.5 Å². The molecule has 4 nitrogen and oxygen atoms in total. The van der Waals surface area contributed by atoms with Crippen LogP contribution in [0.2, 0.25) is 0 Å². The van der Waals surface area contributed by atoms with Crippen LogP contribution in [0.4, 0.5) is 0 Å². The van der Waals surface area contributed by atoms with Gasteiger partial charge in [-0.2, -0.15) is 0 Å². The van der Waals surface area contributed by atoms with Gasteiger partial charge in [-0.3, -0.25) is 9.38 Å². The summed E-state index contributed by atoms with van der Waals surface area (Å²) in [5.41, 5.74) is 15.1. The lowest BCUT2D eigenvalue weighted by atomic mass is 9.94. The minimum absolute atomic E-state index is 0.918. The number of pyridine rings is 3. The summed E-state index contributed by atoms with van der Waals surface area (Å²) in [6.45, 7) is 0. The average molecular weight is 447 g/mol. The van der Waals surface area contributed by atoms with Crippen LogP contribution in [0.3, 0.4) is 0 Å². The molecule has 0 saturated carbocycles. The fraction of sp³-hybridized carbons (Fsp3) is 0.0645. The molecule has 0 spiro atoms. The Kier molecular flexibility index (Phi) is 3.11. The summed E-state index contributed by atoms with van der Waals surface area (Å²) in [7, 11) is 0. The third kappa shape index (κ3) is 2.15. The zero-order valence-corrected chi connectivity index (χ0v) is 18.8. The van der Waals surface area contributed by atoms with E-state index >= 15 is 0 Å². The molecule has 35 heavy (non-hydrogen) atoms. The number of hydrogen-bond donors (Lipinski definition) is 0. The van der Waals surface area contributed by atoms with E-state index in [-0.39, 0.29) is 0 Å². The quantitative estimate of drug-likeness (QED) is 0.243. The Morgan fingerprint density at radius 3 is 2.43 bits per heavy atom. The van der Waals surface area contributed by atoms with Crippen LogP contribution < -0.4 is 0 Å². The Morgan fingerprint density at radius 1 is 0.629 bits per heavy atom. The summed E-state index contributed by atoms with van der Waals surface area (Å²) in [5.74, 6) is 0. The van der Waals surface area contributed by atoms with E-state index in [1.807, 2.05) is 24.7 Å². The monoisotopic (exact) mass is 446 g/mol. The molecular weight excluding hydrogens is 428 g/mol. The maximum Gasteiger partial charge on any atom is 0.149 e.